The Hall–Kier alpha value is -1.55. The third kappa shape index (κ3) is 4.75. The highest BCUT2D eigenvalue weighted by molar-refractivity contribution is 5.78. The average molecular weight is 250 g/mol. The van der Waals surface area contributed by atoms with E-state index in [1.165, 1.54) is 5.56 Å². The molecule has 3 N–H and O–H groups in total. The summed E-state index contributed by atoms with van der Waals surface area (Å²) in [5.41, 5.74) is 6.28. The molecular weight excluding hydrogens is 228 g/mol. The van der Waals surface area contributed by atoms with E-state index in [1.807, 2.05) is 38.1 Å². The van der Waals surface area contributed by atoms with Gasteiger partial charge in [0.15, 0.2) is 0 Å². The fourth-order valence-electron chi connectivity index (χ4n) is 1.74. The zero-order valence-electron chi connectivity index (χ0n) is 11.3. The first-order chi connectivity index (χ1) is 8.46. The number of amides is 1. The van der Waals surface area contributed by atoms with Gasteiger partial charge in [-0.25, -0.2) is 0 Å². The standard InChI is InChI=1S/C14H22N2O2/c1-14(2,16-13(17)10-15)9-8-11-4-6-12(18-3)7-5-11/h4-7H,8-10,15H2,1-3H3,(H,16,17). The lowest BCUT2D eigenvalue weighted by atomic mass is 9.95. The van der Waals surface area contributed by atoms with Crippen molar-refractivity contribution in [2.24, 2.45) is 5.73 Å². The summed E-state index contributed by atoms with van der Waals surface area (Å²) in [5.74, 6) is 0.740. The van der Waals surface area contributed by atoms with Crippen LogP contribution < -0.4 is 15.8 Å². The lowest BCUT2D eigenvalue weighted by Gasteiger charge is -2.26. The number of carbonyl (C=O) groups is 1. The van der Waals surface area contributed by atoms with Crippen molar-refractivity contribution in [3.05, 3.63) is 29.8 Å². The Labute approximate surface area is 109 Å². The smallest absolute Gasteiger partial charge is 0.234 e. The highest BCUT2D eigenvalue weighted by atomic mass is 16.5. The molecule has 0 fully saturated rings. The molecule has 0 aliphatic carbocycles. The van der Waals surface area contributed by atoms with Crippen LogP contribution in [0.3, 0.4) is 0 Å². The zero-order chi connectivity index (χ0) is 13.6. The minimum atomic E-state index is -0.240. The van der Waals surface area contributed by atoms with Gasteiger partial charge in [0.25, 0.3) is 0 Å². The molecule has 1 aromatic rings. The predicted molar refractivity (Wildman–Crippen MR) is 72.6 cm³/mol. The van der Waals surface area contributed by atoms with Crippen LogP contribution in [0.5, 0.6) is 5.75 Å². The molecule has 4 nitrogen and oxygen atoms in total. The van der Waals surface area contributed by atoms with Gasteiger partial charge in [-0.05, 0) is 44.4 Å². The molecule has 0 aliphatic rings. The molecule has 0 spiro atoms. The summed E-state index contributed by atoms with van der Waals surface area (Å²) in [5, 5.41) is 2.91. The maximum Gasteiger partial charge on any atom is 0.234 e. The number of ether oxygens (including phenoxy) is 1. The summed E-state index contributed by atoms with van der Waals surface area (Å²) in [6, 6.07) is 7.97. The summed E-state index contributed by atoms with van der Waals surface area (Å²) in [4.78, 5) is 11.3. The van der Waals surface area contributed by atoms with Crippen LogP contribution in [-0.2, 0) is 11.2 Å². The third-order valence-corrected chi connectivity index (χ3v) is 2.86. The Kier molecular flexibility index (Phi) is 5.16. The van der Waals surface area contributed by atoms with Crippen molar-refractivity contribution in [3.63, 3.8) is 0 Å². The van der Waals surface area contributed by atoms with Gasteiger partial charge >= 0.3 is 0 Å². The first-order valence-electron chi connectivity index (χ1n) is 6.11. The van der Waals surface area contributed by atoms with Crippen molar-refractivity contribution >= 4 is 5.91 Å². The highest BCUT2D eigenvalue weighted by Crippen LogP contribution is 2.16. The Balaban J connectivity index is 2.50. The fraction of sp³-hybridized carbons (Fsp3) is 0.500. The largest absolute Gasteiger partial charge is 0.497 e. The summed E-state index contributed by atoms with van der Waals surface area (Å²) in [6.45, 7) is 4.04. The number of hydrogen-bond donors (Lipinski definition) is 2. The number of benzene rings is 1. The Morgan fingerprint density at radius 2 is 1.94 bits per heavy atom. The van der Waals surface area contributed by atoms with Crippen molar-refractivity contribution in [2.45, 2.75) is 32.2 Å². The number of nitrogens with one attached hydrogen (secondary N) is 1. The van der Waals surface area contributed by atoms with Gasteiger partial charge in [0, 0.05) is 5.54 Å². The Morgan fingerprint density at radius 1 is 1.33 bits per heavy atom. The molecule has 1 aromatic carbocycles. The van der Waals surface area contributed by atoms with E-state index < -0.39 is 0 Å². The van der Waals surface area contributed by atoms with Gasteiger partial charge in [0.1, 0.15) is 5.75 Å². The number of aryl methyl sites for hydroxylation is 1. The first kappa shape index (κ1) is 14.5. The minimum Gasteiger partial charge on any atom is -0.497 e. The van der Waals surface area contributed by atoms with Gasteiger partial charge in [0.2, 0.25) is 5.91 Å². The van der Waals surface area contributed by atoms with E-state index >= 15 is 0 Å². The molecule has 0 saturated heterocycles. The second-order valence-corrected chi connectivity index (χ2v) is 4.98. The molecule has 1 rings (SSSR count). The molecule has 0 unspecified atom stereocenters. The van der Waals surface area contributed by atoms with Crippen molar-refractivity contribution < 1.29 is 9.53 Å². The van der Waals surface area contributed by atoms with Crippen LogP contribution in [0.15, 0.2) is 24.3 Å². The molecule has 0 atom stereocenters. The summed E-state index contributed by atoms with van der Waals surface area (Å²) in [6.07, 6.45) is 1.77. The second kappa shape index (κ2) is 6.40. The van der Waals surface area contributed by atoms with E-state index in [1.54, 1.807) is 7.11 Å². The number of carbonyl (C=O) groups excluding carboxylic acids is 1. The van der Waals surface area contributed by atoms with Crippen LogP contribution >= 0.6 is 0 Å². The van der Waals surface area contributed by atoms with Crippen LogP contribution in [0.1, 0.15) is 25.8 Å². The summed E-state index contributed by atoms with van der Waals surface area (Å²) in [7, 11) is 1.65. The lowest BCUT2D eigenvalue weighted by molar-refractivity contribution is -0.121. The number of rotatable bonds is 6. The SMILES string of the molecule is COc1ccc(CCC(C)(C)NC(=O)CN)cc1. The normalized spacial score (nSPS) is 11.1. The maximum absolute atomic E-state index is 11.3. The van der Waals surface area contributed by atoms with Gasteiger partial charge in [-0.2, -0.15) is 0 Å². The average Bonchev–Trinajstić information content (AvgIpc) is 2.36. The van der Waals surface area contributed by atoms with Gasteiger partial charge in [-0.3, -0.25) is 4.79 Å². The lowest BCUT2D eigenvalue weighted by Crippen LogP contribution is -2.46. The van der Waals surface area contributed by atoms with E-state index in [0.29, 0.717) is 0 Å². The van der Waals surface area contributed by atoms with Gasteiger partial charge in [-0.1, -0.05) is 12.1 Å². The molecular formula is C14H22N2O2. The molecule has 0 aromatic heterocycles. The minimum absolute atomic E-state index is 0.0337. The molecule has 0 bridgehead atoms. The molecule has 1 amide bonds. The van der Waals surface area contributed by atoms with Crippen LogP contribution in [0.4, 0.5) is 0 Å². The van der Waals surface area contributed by atoms with Crippen LogP contribution in [0.25, 0.3) is 0 Å². The van der Waals surface area contributed by atoms with Crippen molar-refractivity contribution in [1.82, 2.24) is 5.32 Å². The molecule has 4 heteroatoms. The van der Waals surface area contributed by atoms with Gasteiger partial charge in [0.05, 0.1) is 13.7 Å². The highest BCUT2D eigenvalue weighted by Gasteiger charge is 2.19. The molecule has 0 heterocycles. The van der Waals surface area contributed by atoms with Crippen LogP contribution in [0.2, 0.25) is 0 Å². The van der Waals surface area contributed by atoms with E-state index in [4.69, 9.17) is 10.5 Å². The topological polar surface area (TPSA) is 64.3 Å². The Bertz CT molecular complexity index is 385. The van der Waals surface area contributed by atoms with Crippen molar-refractivity contribution in [3.8, 4) is 5.75 Å². The molecule has 18 heavy (non-hydrogen) atoms. The van der Waals surface area contributed by atoms with E-state index in [0.717, 1.165) is 18.6 Å². The number of hydrogen-bond acceptors (Lipinski definition) is 3. The van der Waals surface area contributed by atoms with Gasteiger partial charge < -0.3 is 15.8 Å². The summed E-state index contributed by atoms with van der Waals surface area (Å²) >= 11 is 0. The molecule has 0 aliphatic heterocycles. The monoisotopic (exact) mass is 250 g/mol. The number of methoxy groups -OCH3 is 1. The van der Waals surface area contributed by atoms with Crippen LogP contribution in [-0.4, -0.2) is 25.1 Å². The number of nitrogens with two attached hydrogens (primary N) is 1. The first-order valence-corrected chi connectivity index (χ1v) is 6.11. The Morgan fingerprint density at radius 3 is 2.44 bits per heavy atom. The second-order valence-electron chi connectivity index (χ2n) is 4.98. The van der Waals surface area contributed by atoms with Crippen molar-refractivity contribution in [1.29, 1.82) is 0 Å². The quantitative estimate of drug-likeness (QED) is 0.804. The van der Waals surface area contributed by atoms with Gasteiger partial charge in [-0.15, -0.1) is 0 Å². The maximum atomic E-state index is 11.3. The third-order valence-electron chi connectivity index (χ3n) is 2.86. The predicted octanol–water partition coefficient (Wildman–Crippen LogP) is 1.48. The van der Waals surface area contributed by atoms with E-state index in [9.17, 15) is 4.79 Å². The molecule has 0 radical (unpaired) electrons. The molecule has 100 valence electrons. The van der Waals surface area contributed by atoms with E-state index in [-0.39, 0.29) is 18.0 Å². The van der Waals surface area contributed by atoms with Crippen molar-refractivity contribution in [2.75, 3.05) is 13.7 Å². The fourth-order valence-corrected chi connectivity index (χ4v) is 1.74. The van der Waals surface area contributed by atoms with Crippen LogP contribution in [0, 0.1) is 0 Å². The summed E-state index contributed by atoms with van der Waals surface area (Å²) < 4.78 is 5.11. The van der Waals surface area contributed by atoms with E-state index in [2.05, 4.69) is 5.32 Å². The molecule has 0 saturated carbocycles. The zero-order valence-corrected chi connectivity index (χ0v) is 11.3.